The molecule has 3 rings (SSSR count). The second-order valence-electron chi connectivity index (χ2n) is 5.08. The van der Waals surface area contributed by atoms with Gasteiger partial charge in [-0.3, -0.25) is 0 Å². The SMILES string of the molecule is CCNC(=S)N1CCn2cccc2[C@@H]1c1ccccc1F. The van der Waals surface area contributed by atoms with Crippen molar-refractivity contribution in [3.8, 4) is 0 Å². The van der Waals surface area contributed by atoms with Crippen molar-refractivity contribution in [3.63, 3.8) is 0 Å². The molecule has 21 heavy (non-hydrogen) atoms. The summed E-state index contributed by atoms with van der Waals surface area (Å²) >= 11 is 5.48. The quantitative estimate of drug-likeness (QED) is 0.862. The Kier molecular flexibility index (Phi) is 3.92. The van der Waals surface area contributed by atoms with Crippen LogP contribution in [0.15, 0.2) is 42.6 Å². The number of aromatic nitrogens is 1. The van der Waals surface area contributed by atoms with Crippen molar-refractivity contribution in [2.75, 3.05) is 13.1 Å². The number of hydrogen-bond donors (Lipinski definition) is 1. The molecule has 1 aromatic carbocycles. The van der Waals surface area contributed by atoms with Crippen LogP contribution in [0.25, 0.3) is 0 Å². The molecule has 1 aliphatic rings. The van der Waals surface area contributed by atoms with E-state index in [-0.39, 0.29) is 11.9 Å². The maximum atomic E-state index is 14.3. The molecule has 1 atom stereocenters. The number of benzene rings is 1. The first kappa shape index (κ1) is 14.1. The topological polar surface area (TPSA) is 20.2 Å². The van der Waals surface area contributed by atoms with E-state index in [4.69, 9.17) is 12.2 Å². The van der Waals surface area contributed by atoms with Gasteiger partial charge in [-0.2, -0.15) is 0 Å². The Labute approximate surface area is 129 Å². The molecule has 110 valence electrons. The molecule has 0 amide bonds. The zero-order chi connectivity index (χ0) is 14.8. The van der Waals surface area contributed by atoms with E-state index in [9.17, 15) is 4.39 Å². The predicted octanol–water partition coefficient (Wildman–Crippen LogP) is 2.93. The second kappa shape index (κ2) is 5.85. The summed E-state index contributed by atoms with van der Waals surface area (Å²) in [6.45, 7) is 4.41. The molecule has 1 aliphatic heterocycles. The Morgan fingerprint density at radius 3 is 2.86 bits per heavy atom. The van der Waals surface area contributed by atoms with E-state index in [0.717, 1.165) is 25.3 Å². The Morgan fingerprint density at radius 2 is 2.10 bits per heavy atom. The molecule has 5 heteroatoms. The van der Waals surface area contributed by atoms with Gasteiger partial charge in [0.05, 0.1) is 6.04 Å². The van der Waals surface area contributed by atoms with E-state index < -0.39 is 0 Å². The van der Waals surface area contributed by atoms with Crippen LogP contribution in [0.3, 0.4) is 0 Å². The lowest BCUT2D eigenvalue weighted by molar-refractivity contribution is 0.281. The fourth-order valence-electron chi connectivity index (χ4n) is 2.88. The lowest BCUT2D eigenvalue weighted by atomic mass is 10.00. The summed E-state index contributed by atoms with van der Waals surface area (Å²) < 4.78 is 16.5. The van der Waals surface area contributed by atoms with Crippen molar-refractivity contribution in [1.29, 1.82) is 0 Å². The number of nitrogens with zero attached hydrogens (tertiary/aromatic N) is 2. The first-order valence-corrected chi connectivity index (χ1v) is 7.57. The molecule has 0 fully saturated rings. The molecule has 1 aromatic heterocycles. The Bertz CT molecular complexity index is 652. The summed E-state index contributed by atoms with van der Waals surface area (Å²) in [7, 11) is 0. The summed E-state index contributed by atoms with van der Waals surface area (Å²) in [5.74, 6) is -0.193. The first-order valence-electron chi connectivity index (χ1n) is 7.16. The van der Waals surface area contributed by atoms with E-state index in [1.807, 2.05) is 37.4 Å². The molecular formula is C16H18FN3S. The zero-order valence-corrected chi connectivity index (χ0v) is 12.7. The third-order valence-corrected chi connectivity index (χ3v) is 4.21. The molecule has 0 unspecified atom stereocenters. The van der Waals surface area contributed by atoms with Gasteiger partial charge in [0.15, 0.2) is 5.11 Å². The highest BCUT2D eigenvalue weighted by molar-refractivity contribution is 7.80. The molecule has 0 saturated carbocycles. The van der Waals surface area contributed by atoms with Crippen LogP contribution in [0.1, 0.15) is 24.2 Å². The largest absolute Gasteiger partial charge is 0.363 e. The molecule has 3 nitrogen and oxygen atoms in total. The average molecular weight is 303 g/mol. The van der Waals surface area contributed by atoms with Gasteiger partial charge < -0.3 is 14.8 Å². The van der Waals surface area contributed by atoms with Gasteiger partial charge in [-0.05, 0) is 37.3 Å². The Hall–Kier alpha value is -1.88. The van der Waals surface area contributed by atoms with Crippen molar-refractivity contribution < 1.29 is 4.39 Å². The highest BCUT2D eigenvalue weighted by atomic mass is 32.1. The van der Waals surface area contributed by atoms with Crippen LogP contribution in [-0.2, 0) is 6.54 Å². The molecule has 0 spiro atoms. The molecule has 0 bridgehead atoms. The molecular weight excluding hydrogens is 285 g/mol. The summed E-state index contributed by atoms with van der Waals surface area (Å²) in [4.78, 5) is 2.08. The number of nitrogens with one attached hydrogen (secondary N) is 1. The van der Waals surface area contributed by atoms with Crippen molar-refractivity contribution in [2.24, 2.45) is 0 Å². The number of rotatable bonds is 2. The van der Waals surface area contributed by atoms with Gasteiger partial charge in [0, 0.05) is 37.1 Å². The van der Waals surface area contributed by atoms with Crippen molar-refractivity contribution >= 4 is 17.3 Å². The maximum Gasteiger partial charge on any atom is 0.169 e. The van der Waals surface area contributed by atoms with Gasteiger partial charge in [-0.25, -0.2) is 4.39 Å². The van der Waals surface area contributed by atoms with Crippen LogP contribution >= 0.6 is 12.2 Å². The molecule has 0 aliphatic carbocycles. The molecule has 0 radical (unpaired) electrons. The number of fused-ring (bicyclic) bond motifs is 1. The van der Waals surface area contributed by atoms with E-state index in [2.05, 4.69) is 14.8 Å². The van der Waals surface area contributed by atoms with Crippen LogP contribution in [0, 0.1) is 5.82 Å². The minimum absolute atomic E-state index is 0.179. The lowest BCUT2D eigenvalue weighted by Crippen LogP contribution is -2.47. The third-order valence-electron chi connectivity index (χ3n) is 3.83. The summed E-state index contributed by atoms with van der Waals surface area (Å²) in [6.07, 6.45) is 2.04. The average Bonchev–Trinajstić information content (AvgIpc) is 2.95. The minimum atomic E-state index is -0.193. The van der Waals surface area contributed by atoms with Crippen molar-refractivity contribution in [2.45, 2.75) is 19.5 Å². The zero-order valence-electron chi connectivity index (χ0n) is 11.9. The van der Waals surface area contributed by atoms with Gasteiger partial charge in [0.25, 0.3) is 0 Å². The van der Waals surface area contributed by atoms with Gasteiger partial charge in [-0.1, -0.05) is 18.2 Å². The van der Waals surface area contributed by atoms with Crippen LogP contribution < -0.4 is 5.32 Å². The number of hydrogen-bond acceptors (Lipinski definition) is 1. The molecule has 0 saturated heterocycles. The van der Waals surface area contributed by atoms with E-state index in [1.165, 1.54) is 6.07 Å². The van der Waals surface area contributed by atoms with E-state index in [0.29, 0.717) is 10.7 Å². The van der Waals surface area contributed by atoms with Crippen molar-refractivity contribution in [3.05, 3.63) is 59.7 Å². The van der Waals surface area contributed by atoms with Crippen LogP contribution in [0.2, 0.25) is 0 Å². The van der Waals surface area contributed by atoms with Crippen LogP contribution in [0.4, 0.5) is 4.39 Å². The van der Waals surface area contributed by atoms with E-state index >= 15 is 0 Å². The fraction of sp³-hybridized carbons (Fsp3) is 0.312. The molecule has 2 heterocycles. The van der Waals surface area contributed by atoms with Crippen LogP contribution in [-0.4, -0.2) is 27.7 Å². The lowest BCUT2D eigenvalue weighted by Gasteiger charge is -2.39. The monoisotopic (exact) mass is 303 g/mol. The van der Waals surface area contributed by atoms with E-state index in [1.54, 1.807) is 6.07 Å². The third kappa shape index (κ3) is 2.53. The number of halogens is 1. The van der Waals surface area contributed by atoms with Gasteiger partial charge >= 0.3 is 0 Å². The van der Waals surface area contributed by atoms with Crippen molar-refractivity contribution in [1.82, 2.24) is 14.8 Å². The highest BCUT2D eigenvalue weighted by Crippen LogP contribution is 2.33. The summed E-state index contributed by atoms with van der Waals surface area (Å²) in [6, 6.07) is 10.8. The first-order chi connectivity index (χ1) is 10.2. The van der Waals surface area contributed by atoms with Gasteiger partial charge in [0.1, 0.15) is 5.82 Å². The predicted molar refractivity (Wildman–Crippen MR) is 85.7 cm³/mol. The van der Waals surface area contributed by atoms with Gasteiger partial charge in [-0.15, -0.1) is 0 Å². The Balaban J connectivity index is 2.06. The normalized spacial score (nSPS) is 17.4. The summed E-state index contributed by atoms with van der Waals surface area (Å²) in [5.41, 5.74) is 1.74. The van der Waals surface area contributed by atoms with Crippen LogP contribution in [0.5, 0.6) is 0 Å². The molecule has 1 N–H and O–H groups in total. The molecule has 2 aromatic rings. The maximum absolute atomic E-state index is 14.3. The number of thiocarbonyl (C=S) groups is 1. The smallest absolute Gasteiger partial charge is 0.169 e. The second-order valence-corrected chi connectivity index (χ2v) is 5.47. The minimum Gasteiger partial charge on any atom is -0.363 e. The standard InChI is InChI=1S/C16H18FN3S/c1-2-18-16(21)20-11-10-19-9-5-8-14(19)15(20)12-6-3-4-7-13(12)17/h3-9,15H,2,10-11H2,1H3,(H,18,21)/t15-/m0/s1. The van der Waals surface area contributed by atoms with Gasteiger partial charge in [0.2, 0.25) is 0 Å². The summed E-state index contributed by atoms with van der Waals surface area (Å²) in [5, 5.41) is 3.86. The fourth-order valence-corrected chi connectivity index (χ4v) is 3.22. The highest BCUT2D eigenvalue weighted by Gasteiger charge is 2.31. The Morgan fingerprint density at radius 1 is 1.29 bits per heavy atom.